The van der Waals surface area contributed by atoms with Gasteiger partial charge in [-0.25, -0.2) is 4.39 Å². The third-order valence-corrected chi connectivity index (χ3v) is 3.89. The van der Waals surface area contributed by atoms with Crippen molar-refractivity contribution in [3.05, 3.63) is 52.0 Å². The Balaban J connectivity index is 2.23. The summed E-state index contributed by atoms with van der Waals surface area (Å²) in [4.78, 5) is 3.14. The van der Waals surface area contributed by atoms with E-state index in [4.69, 9.17) is 5.73 Å². The van der Waals surface area contributed by atoms with Gasteiger partial charge in [-0.15, -0.1) is 11.3 Å². The zero-order valence-corrected chi connectivity index (χ0v) is 12.2. The van der Waals surface area contributed by atoms with Crippen LogP contribution in [0.25, 0.3) is 0 Å². The number of halogens is 1. The molecule has 0 bridgehead atoms. The number of anilines is 1. The normalized spacial score (nSPS) is 9.95. The van der Waals surface area contributed by atoms with Gasteiger partial charge in [0.25, 0.3) is 0 Å². The van der Waals surface area contributed by atoms with Crippen LogP contribution in [0.15, 0.2) is 35.7 Å². The monoisotopic (exact) mass is 288 g/mol. The van der Waals surface area contributed by atoms with Crippen LogP contribution in [0.2, 0.25) is 0 Å². The van der Waals surface area contributed by atoms with E-state index in [0.717, 1.165) is 17.0 Å². The average molecular weight is 288 g/mol. The van der Waals surface area contributed by atoms with E-state index < -0.39 is 0 Å². The molecule has 1 aromatic carbocycles. The van der Waals surface area contributed by atoms with Crippen molar-refractivity contribution in [1.82, 2.24) is 0 Å². The first-order valence-electron chi connectivity index (χ1n) is 6.51. The maximum Gasteiger partial charge on any atom is 0.146 e. The van der Waals surface area contributed by atoms with Gasteiger partial charge in [-0.3, -0.25) is 0 Å². The minimum Gasteiger partial charge on any atom is -0.364 e. The molecule has 0 saturated carbocycles. The summed E-state index contributed by atoms with van der Waals surface area (Å²) in [5.41, 5.74) is 7.01. The molecular formula is C16H17FN2S. The highest BCUT2D eigenvalue weighted by Gasteiger charge is 2.12. The van der Waals surface area contributed by atoms with Crippen molar-refractivity contribution in [3.8, 4) is 11.8 Å². The van der Waals surface area contributed by atoms with Gasteiger partial charge in [-0.2, -0.15) is 0 Å². The van der Waals surface area contributed by atoms with Gasteiger partial charge in [0.1, 0.15) is 5.82 Å². The molecule has 0 amide bonds. The minimum absolute atomic E-state index is 0.194. The third-order valence-electron chi connectivity index (χ3n) is 2.98. The quantitative estimate of drug-likeness (QED) is 0.875. The third kappa shape index (κ3) is 3.38. The van der Waals surface area contributed by atoms with Crippen LogP contribution in [0.3, 0.4) is 0 Å². The van der Waals surface area contributed by atoms with E-state index in [1.807, 2.05) is 29.3 Å². The number of hydrogen-bond donors (Lipinski definition) is 1. The largest absolute Gasteiger partial charge is 0.364 e. The second kappa shape index (κ2) is 7.09. The molecule has 2 N–H and O–H groups in total. The highest BCUT2D eigenvalue weighted by Crippen LogP contribution is 2.24. The summed E-state index contributed by atoms with van der Waals surface area (Å²) < 4.78 is 13.9. The van der Waals surface area contributed by atoms with E-state index in [1.165, 1.54) is 6.07 Å². The van der Waals surface area contributed by atoms with Gasteiger partial charge in [0, 0.05) is 17.0 Å². The molecule has 0 unspecified atom stereocenters. The Hall–Kier alpha value is -1.83. The van der Waals surface area contributed by atoms with Crippen molar-refractivity contribution >= 4 is 17.0 Å². The fraction of sp³-hybridized carbons (Fsp3) is 0.250. The van der Waals surface area contributed by atoms with Crippen molar-refractivity contribution in [2.24, 2.45) is 5.73 Å². The first kappa shape index (κ1) is 14.6. The molecule has 0 fully saturated rings. The minimum atomic E-state index is -0.194. The van der Waals surface area contributed by atoms with Gasteiger partial charge >= 0.3 is 0 Å². The van der Waals surface area contributed by atoms with E-state index in [9.17, 15) is 4.39 Å². The number of nitrogens with two attached hydrogens (primary N) is 1. The zero-order valence-electron chi connectivity index (χ0n) is 11.4. The molecule has 1 aromatic heterocycles. The second-order valence-corrected chi connectivity index (χ2v) is 5.23. The van der Waals surface area contributed by atoms with E-state index in [2.05, 4.69) is 11.8 Å². The standard InChI is InChI=1S/C16H17FN2S/c1-2-19(15-8-4-3-7-14(15)17)12-16-13(6-5-10-18)9-11-20-16/h3-4,7-9,11H,2,10,12,18H2,1H3. The number of thiophene rings is 1. The summed E-state index contributed by atoms with van der Waals surface area (Å²) in [5.74, 6) is 5.73. The molecule has 0 aliphatic heterocycles. The molecule has 2 nitrogen and oxygen atoms in total. The van der Waals surface area contributed by atoms with Crippen LogP contribution in [0.4, 0.5) is 10.1 Å². The molecule has 4 heteroatoms. The molecule has 0 aliphatic carbocycles. The van der Waals surface area contributed by atoms with Gasteiger partial charge in [0.2, 0.25) is 0 Å². The maximum atomic E-state index is 13.9. The van der Waals surface area contributed by atoms with Gasteiger partial charge in [0.15, 0.2) is 0 Å². The van der Waals surface area contributed by atoms with Crippen molar-refractivity contribution in [1.29, 1.82) is 0 Å². The van der Waals surface area contributed by atoms with Gasteiger partial charge in [0.05, 0.1) is 18.8 Å². The number of rotatable bonds is 4. The fourth-order valence-corrected chi connectivity index (χ4v) is 2.81. The summed E-state index contributed by atoms with van der Waals surface area (Å²) in [6.45, 7) is 3.76. The first-order valence-corrected chi connectivity index (χ1v) is 7.39. The lowest BCUT2D eigenvalue weighted by molar-refractivity contribution is 0.618. The molecule has 104 valence electrons. The zero-order chi connectivity index (χ0) is 14.4. The van der Waals surface area contributed by atoms with Crippen LogP contribution in [0, 0.1) is 17.7 Å². The predicted molar refractivity (Wildman–Crippen MR) is 83.4 cm³/mol. The second-order valence-electron chi connectivity index (χ2n) is 4.23. The Morgan fingerprint density at radius 3 is 2.80 bits per heavy atom. The molecule has 0 aliphatic rings. The van der Waals surface area contributed by atoms with Crippen LogP contribution < -0.4 is 10.6 Å². The van der Waals surface area contributed by atoms with Crippen LogP contribution in [0.1, 0.15) is 17.4 Å². The summed E-state index contributed by atoms with van der Waals surface area (Å²) in [5, 5.41) is 2.01. The number of benzene rings is 1. The summed E-state index contributed by atoms with van der Waals surface area (Å²) in [6.07, 6.45) is 0. The summed E-state index contributed by atoms with van der Waals surface area (Å²) >= 11 is 1.64. The van der Waals surface area contributed by atoms with Gasteiger partial charge < -0.3 is 10.6 Å². The summed E-state index contributed by atoms with van der Waals surface area (Å²) in [6, 6.07) is 8.83. The van der Waals surface area contributed by atoms with Gasteiger partial charge in [-0.1, -0.05) is 24.0 Å². The molecule has 2 aromatic rings. The van der Waals surface area contributed by atoms with Crippen molar-refractivity contribution in [2.45, 2.75) is 13.5 Å². The average Bonchev–Trinajstić information content (AvgIpc) is 2.90. The smallest absolute Gasteiger partial charge is 0.146 e. The maximum absolute atomic E-state index is 13.9. The van der Waals surface area contributed by atoms with E-state index in [0.29, 0.717) is 18.8 Å². The Bertz CT molecular complexity index is 625. The fourth-order valence-electron chi connectivity index (χ4n) is 1.97. The lowest BCUT2D eigenvalue weighted by atomic mass is 10.2. The molecule has 0 saturated heterocycles. The van der Waals surface area contributed by atoms with E-state index >= 15 is 0 Å². The molecule has 1 heterocycles. The van der Waals surface area contributed by atoms with Crippen molar-refractivity contribution < 1.29 is 4.39 Å². The van der Waals surface area contributed by atoms with Crippen molar-refractivity contribution in [2.75, 3.05) is 18.0 Å². The number of hydrogen-bond acceptors (Lipinski definition) is 3. The number of nitrogens with zero attached hydrogens (tertiary/aromatic N) is 1. The highest BCUT2D eigenvalue weighted by molar-refractivity contribution is 7.10. The predicted octanol–water partition coefficient (Wildman–Crippen LogP) is 3.22. The van der Waals surface area contributed by atoms with Gasteiger partial charge in [-0.05, 0) is 30.5 Å². The van der Waals surface area contributed by atoms with Crippen LogP contribution in [-0.4, -0.2) is 13.1 Å². The Kier molecular flexibility index (Phi) is 5.16. The van der Waals surface area contributed by atoms with Crippen LogP contribution in [-0.2, 0) is 6.54 Å². The van der Waals surface area contributed by atoms with Crippen LogP contribution in [0.5, 0.6) is 0 Å². The highest BCUT2D eigenvalue weighted by atomic mass is 32.1. The molecule has 0 radical (unpaired) electrons. The lowest BCUT2D eigenvalue weighted by Crippen LogP contribution is -2.22. The first-order chi connectivity index (χ1) is 9.76. The Labute approximate surface area is 123 Å². The molecule has 20 heavy (non-hydrogen) atoms. The molecule has 0 spiro atoms. The molecular weight excluding hydrogens is 271 g/mol. The topological polar surface area (TPSA) is 29.3 Å². The van der Waals surface area contributed by atoms with Crippen molar-refractivity contribution in [3.63, 3.8) is 0 Å². The van der Waals surface area contributed by atoms with Crippen LogP contribution >= 0.6 is 11.3 Å². The Morgan fingerprint density at radius 2 is 2.10 bits per heavy atom. The SMILES string of the molecule is CCN(Cc1sccc1C#CCN)c1ccccc1F. The number of para-hydroxylation sites is 1. The molecule has 0 atom stereocenters. The molecule has 2 rings (SSSR count). The summed E-state index contributed by atoms with van der Waals surface area (Å²) in [7, 11) is 0. The Morgan fingerprint density at radius 1 is 1.30 bits per heavy atom. The van der Waals surface area contributed by atoms with E-state index in [1.54, 1.807) is 23.5 Å². The van der Waals surface area contributed by atoms with E-state index in [-0.39, 0.29) is 5.82 Å². The lowest BCUT2D eigenvalue weighted by Gasteiger charge is -2.23.